The average Bonchev–Trinajstić information content (AvgIpc) is 2.82. The fourth-order valence-electron chi connectivity index (χ4n) is 2.22. The van der Waals surface area contributed by atoms with Gasteiger partial charge in [-0.15, -0.1) is 0 Å². The molecule has 1 aromatic carbocycles. The van der Waals surface area contributed by atoms with Crippen LogP contribution in [0, 0.1) is 6.92 Å². The van der Waals surface area contributed by atoms with Crippen LogP contribution in [0.3, 0.4) is 0 Å². The van der Waals surface area contributed by atoms with Gasteiger partial charge < -0.3 is 20.4 Å². The van der Waals surface area contributed by atoms with E-state index in [-0.39, 0.29) is 13.0 Å². The number of benzene rings is 1. The Morgan fingerprint density at radius 2 is 1.86 bits per heavy atom. The largest absolute Gasteiger partial charge is 0.480 e. The zero-order valence-corrected chi connectivity index (χ0v) is 11.4. The molecule has 112 valence electrons. The molecule has 0 radical (unpaired) electrons. The van der Waals surface area contributed by atoms with E-state index < -0.39 is 29.9 Å². The van der Waals surface area contributed by atoms with Crippen LogP contribution in [0.1, 0.15) is 12.0 Å². The summed E-state index contributed by atoms with van der Waals surface area (Å²) in [5.41, 5.74) is 1.46. The highest BCUT2D eigenvalue weighted by atomic mass is 16.4. The molecule has 7 heteroatoms. The van der Waals surface area contributed by atoms with Crippen LogP contribution in [-0.2, 0) is 14.4 Å². The maximum absolute atomic E-state index is 12.0. The molecule has 0 spiro atoms. The zero-order valence-electron chi connectivity index (χ0n) is 11.4. The minimum Gasteiger partial charge on any atom is -0.480 e. The van der Waals surface area contributed by atoms with E-state index in [1.165, 1.54) is 0 Å². The lowest BCUT2D eigenvalue weighted by Crippen LogP contribution is -2.45. The first-order chi connectivity index (χ1) is 9.88. The second-order valence-electron chi connectivity index (χ2n) is 5.02. The van der Waals surface area contributed by atoms with Crippen LogP contribution in [0.2, 0.25) is 0 Å². The standard InChI is InChI=1S/C14H16N2O5/c1-8-2-4-9(5-3-8)15-12(18)13(19)16-7-10(17)6-11(16)14(20)21/h2-5,10-11,17H,6-7H2,1H3,(H,15,18)(H,20,21)/t10-,11-/m1/s1. The van der Waals surface area contributed by atoms with Crippen LogP contribution >= 0.6 is 0 Å². The number of aryl methyl sites for hydroxylation is 1. The van der Waals surface area contributed by atoms with Crippen molar-refractivity contribution in [1.29, 1.82) is 0 Å². The molecule has 3 N–H and O–H groups in total. The van der Waals surface area contributed by atoms with Crippen molar-refractivity contribution >= 4 is 23.5 Å². The quantitative estimate of drug-likeness (QED) is 0.664. The lowest BCUT2D eigenvalue weighted by molar-refractivity contribution is -0.151. The lowest BCUT2D eigenvalue weighted by Gasteiger charge is -2.20. The van der Waals surface area contributed by atoms with Gasteiger partial charge >= 0.3 is 17.8 Å². The Bertz CT molecular complexity index is 569. The van der Waals surface area contributed by atoms with Crippen molar-refractivity contribution in [3.8, 4) is 0 Å². The fraction of sp³-hybridized carbons (Fsp3) is 0.357. The zero-order chi connectivity index (χ0) is 15.6. The van der Waals surface area contributed by atoms with Gasteiger partial charge in [-0.25, -0.2) is 4.79 Å². The number of aliphatic hydroxyl groups is 1. The number of hydrogen-bond donors (Lipinski definition) is 3. The third-order valence-electron chi connectivity index (χ3n) is 3.33. The Morgan fingerprint density at radius 3 is 2.43 bits per heavy atom. The number of nitrogens with zero attached hydrogens (tertiary/aromatic N) is 1. The minimum absolute atomic E-state index is 0.0706. The van der Waals surface area contributed by atoms with Gasteiger partial charge in [-0.2, -0.15) is 0 Å². The highest BCUT2D eigenvalue weighted by Gasteiger charge is 2.41. The minimum atomic E-state index is -1.23. The number of nitrogens with one attached hydrogen (secondary N) is 1. The van der Waals surface area contributed by atoms with E-state index in [4.69, 9.17) is 5.11 Å². The smallest absolute Gasteiger partial charge is 0.326 e. The summed E-state index contributed by atoms with van der Waals surface area (Å²) in [7, 11) is 0. The summed E-state index contributed by atoms with van der Waals surface area (Å²) >= 11 is 0. The molecule has 0 saturated carbocycles. The Balaban J connectivity index is 2.06. The highest BCUT2D eigenvalue weighted by Crippen LogP contribution is 2.19. The van der Waals surface area contributed by atoms with Gasteiger partial charge in [0.25, 0.3) is 0 Å². The maximum atomic E-state index is 12.0. The number of carboxylic acids is 1. The Hall–Kier alpha value is -2.41. The summed E-state index contributed by atoms with van der Waals surface area (Å²) < 4.78 is 0. The number of aliphatic carboxylic acids is 1. The molecule has 2 amide bonds. The molecule has 2 atom stereocenters. The summed E-state index contributed by atoms with van der Waals surface area (Å²) in [6.07, 6.45) is -0.999. The van der Waals surface area contributed by atoms with Crippen molar-refractivity contribution in [3.05, 3.63) is 29.8 Å². The first-order valence-corrected chi connectivity index (χ1v) is 6.48. The van der Waals surface area contributed by atoms with Gasteiger partial charge in [0.1, 0.15) is 6.04 Å². The molecule has 0 aliphatic carbocycles. The molecule has 1 aliphatic rings. The highest BCUT2D eigenvalue weighted by molar-refractivity contribution is 6.40. The van der Waals surface area contributed by atoms with Crippen molar-refractivity contribution in [1.82, 2.24) is 4.90 Å². The Labute approximate surface area is 121 Å². The number of hydrogen-bond acceptors (Lipinski definition) is 4. The number of likely N-dealkylation sites (tertiary alicyclic amines) is 1. The first-order valence-electron chi connectivity index (χ1n) is 6.48. The van der Waals surface area contributed by atoms with Gasteiger partial charge in [0, 0.05) is 18.7 Å². The topological polar surface area (TPSA) is 107 Å². The van der Waals surface area contributed by atoms with Gasteiger partial charge in [0.15, 0.2) is 0 Å². The first kappa shape index (κ1) is 15.0. The number of rotatable bonds is 2. The van der Waals surface area contributed by atoms with Gasteiger partial charge in [-0.3, -0.25) is 9.59 Å². The number of anilines is 1. The number of carbonyl (C=O) groups is 3. The Kier molecular flexibility index (Phi) is 4.23. The SMILES string of the molecule is Cc1ccc(NC(=O)C(=O)N2C[C@H](O)C[C@@H]2C(=O)O)cc1. The number of carbonyl (C=O) groups excluding carboxylic acids is 2. The molecule has 7 nitrogen and oxygen atoms in total. The Morgan fingerprint density at radius 1 is 1.24 bits per heavy atom. The lowest BCUT2D eigenvalue weighted by atomic mass is 10.2. The van der Waals surface area contributed by atoms with Crippen LogP contribution in [-0.4, -0.2) is 51.6 Å². The van der Waals surface area contributed by atoms with Crippen LogP contribution in [0.4, 0.5) is 5.69 Å². The summed E-state index contributed by atoms with van der Waals surface area (Å²) in [4.78, 5) is 35.8. The molecular weight excluding hydrogens is 276 g/mol. The fourth-order valence-corrected chi connectivity index (χ4v) is 2.22. The number of aliphatic hydroxyl groups excluding tert-OH is 1. The van der Waals surface area contributed by atoms with Crippen molar-refractivity contribution in [3.63, 3.8) is 0 Å². The van der Waals surface area contributed by atoms with Crippen molar-refractivity contribution in [2.45, 2.75) is 25.5 Å². The molecule has 2 rings (SSSR count). The van der Waals surface area contributed by atoms with Gasteiger partial charge in [0.2, 0.25) is 0 Å². The summed E-state index contributed by atoms with van der Waals surface area (Å²) in [5, 5.41) is 20.9. The van der Waals surface area contributed by atoms with E-state index in [2.05, 4.69) is 5.32 Å². The van der Waals surface area contributed by atoms with Crippen LogP contribution in [0.25, 0.3) is 0 Å². The summed E-state index contributed by atoms with van der Waals surface area (Å²) in [6, 6.07) is 5.68. The van der Waals surface area contributed by atoms with Gasteiger partial charge in [0.05, 0.1) is 6.10 Å². The molecule has 1 heterocycles. The normalized spacial score (nSPS) is 21.1. The average molecular weight is 292 g/mol. The molecule has 1 aromatic rings. The van der Waals surface area contributed by atoms with Crippen LogP contribution in [0.15, 0.2) is 24.3 Å². The third kappa shape index (κ3) is 3.38. The monoisotopic (exact) mass is 292 g/mol. The molecule has 0 aromatic heterocycles. The molecule has 0 bridgehead atoms. The maximum Gasteiger partial charge on any atom is 0.326 e. The second-order valence-corrected chi connectivity index (χ2v) is 5.02. The predicted octanol–water partition coefficient (Wildman–Crippen LogP) is -0.0201. The van der Waals surface area contributed by atoms with Crippen molar-refractivity contribution < 1.29 is 24.6 Å². The van der Waals surface area contributed by atoms with E-state index in [0.717, 1.165) is 10.5 Å². The van der Waals surface area contributed by atoms with Gasteiger partial charge in [-0.1, -0.05) is 17.7 Å². The third-order valence-corrected chi connectivity index (χ3v) is 3.33. The van der Waals surface area contributed by atoms with Crippen molar-refractivity contribution in [2.75, 3.05) is 11.9 Å². The summed E-state index contributed by atoms with van der Waals surface area (Å²) in [5.74, 6) is -3.11. The summed E-state index contributed by atoms with van der Waals surface area (Å²) in [6.45, 7) is 1.73. The number of β-amino-alcohol motifs (C(OH)–C–C–N with tert-alkyl or cyclic N) is 1. The predicted molar refractivity (Wildman–Crippen MR) is 73.6 cm³/mol. The van der Waals surface area contributed by atoms with Crippen LogP contribution in [0.5, 0.6) is 0 Å². The van der Waals surface area contributed by atoms with E-state index in [9.17, 15) is 19.5 Å². The second kappa shape index (κ2) is 5.92. The van der Waals surface area contributed by atoms with E-state index in [1.807, 2.05) is 6.92 Å². The van der Waals surface area contributed by atoms with Crippen LogP contribution < -0.4 is 5.32 Å². The van der Waals surface area contributed by atoms with E-state index in [0.29, 0.717) is 5.69 Å². The molecule has 1 saturated heterocycles. The molecule has 0 unspecified atom stereocenters. The number of carboxylic acid groups (broad SMARTS) is 1. The molecule has 21 heavy (non-hydrogen) atoms. The molecule has 1 fully saturated rings. The van der Waals surface area contributed by atoms with E-state index >= 15 is 0 Å². The van der Waals surface area contributed by atoms with Gasteiger partial charge in [-0.05, 0) is 19.1 Å². The molecule has 1 aliphatic heterocycles. The van der Waals surface area contributed by atoms with Crippen molar-refractivity contribution in [2.24, 2.45) is 0 Å². The van der Waals surface area contributed by atoms with E-state index in [1.54, 1.807) is 24.3 Å². The number of amides is 2. The molecular formula is C14H16N2O5.